The Morgan fingerprint density at radius 2 is 2.05 bits per heavy atom. The Labute approximate surface area is 128 Å². The molecule has 0 aromatic heterocycles. The summed E-state index contributed by atoms with van der Waals surface area (Å²) in [5.74, 6) is -0.102. The smallest absolute Gasteiger partial charge is 0.255 e. The van der Waals surface area contributed by atoms with E-state index in [-0.39, 0.29) is 17.7 Å². The van der Waals surface area contributed by atoms with Crippen LogP contribution in [0.25, 0.3) is 10.8 Å². The van der Waals surface area contributed by atoms with Crippen molar-refractivity contribution in [1.29, 1.82) is 0 Å². The molecule has 2 atom stereocenters. The molecule has 21 heavy (non-hydrogen) atoms. The molecule has 2 unspecified atom stereocenters. The molecular formula is C17H19NO2S. The minimum atomic E-state index is -0.176. The second kappa shape index (κ2) is 5.98. The number of phenolic OH excluding ortho intramolecular Hbond substituents is 1. The van der Waals surface area contributed by atoms with E-state index >= 15 is 0 Å². The van der Waals surface area contributed by atoms with Gasteiger partial charge >= 0.3 is 0 Å². The first-order valence-electron chi connectivity index (χ1n) is 7.23. The predicted octanol–water partition coefficient (Wildman–Crippen LogP) is 3.56. The third kappa shape index (κ3) is 2.86. The van der Waals surface area contributed by atoms with Crippen molar-refractivity contribution in [1.82, 2.24) is 5.32 Å². The van der Waals surface area contributed by atoms with Crippen molar-refractivity contribution in [3.63, 3.8) is 0 Å². The quantitative estimate of drug-likeness (QED) is 0.911. The molecule has 2 N–H and O–H groups in total. The van der Waals surface area contributed by atoms with E-state index in [2.05, 4.69) is 11.6 Å². The van der Waals surface area contributed by atoms with Gasteiger partial charge in [0, 0.05) is 16.7 Å². The number of rotatable bonds is 3. The zero-order chi connectivity index (χ0) is 14.8. The van der Waals surface area contributed by atoms with E-state index in [0.29, 0.717) is 10.8 Å². The second-order valence-corrected chi connectivity index (χ2v) is 6.66. The van der Waals surface area contributed by atoms with Crippen LogP contribution in [-0.2, 0) is 0 Å². The average Bonchev–Trinajstić information content (AvgIpc) is 2.95. The third-order valence-electron chi connectivity index (χ3n) is 4.20. The van der Waals surface area contributed by atoms with Gasteiger partial charge in [0.15, 0.2) is 0 Å². The van der Waals surface area contributed by atoms with E-state index in [1.165, 1.54) is 0 Å². The number of carbonyl (C=O) groups excluding carboxylic acids is 1. The number of benzene rings is 2. The number of amides is 1. The van der Waals surface area contributed by atoms with Crippen LogP contribution in [0.3, 0.4) is 0 Å². The van der Waals surface area contributed by atoms with Crippen LogP contribution in [0.2, 0.25) is 0 Å². The van der Waals surface area contributed by atoms with Crippen LogP contribution in [0.15, 0.2) is 36.4 Å². The van der Waals surface area contributed by atoms with Crippen LogP contribution in [-0.4, -0.2) is 28.6 Å². The van der Waals surface area contributed by atoms with Gasteiger partial charge in [-0.2, -0.15) is 11.8 Å². The first kappa shape index (κ1) is 14.3. The molecule has 2 aromatic carbocycles. The molecule has 1 amide bonds. The Kier molecular flexibility index (Phi) is 4.06. The van der Waals surface area contributed by atoms with Gasteiger partial charge in [-0.25, -0.2) is 0 Å². The highest BCUT2D eigenvalue weighted by molar-refractivity contribution is 7.99. The summed E-state index contributed by atoms with van der Waals surface area (Å²) in [7, 11) is 0. The molecule has 0 bridgehead atoms. The fourth-order valence-electron chi connectivity index (χ4n) is 2.99. The highest BCUT2D eigenvalue weighted by atomic mass is 32.2. The van der Waals surface area contributed by atoms with Crippen LogP contribution >= 0.6 is 11.8 Å². The van der Waals surface area contributed by atoms with Gasteiger partial charge in [0.1, 0.15) is 5.75 Å². The highest BCUT2D eigenvalue weighted by Gasteiger charge is 2.26. The van der Waals surface area contributed by atoms with Crippen molar-refractivity contribution in [2.75, 3.05) is 6.26 Å². The zero-order valence-electron chi connectivity index (χ0n) is 12.0. The summed E-state index contributed by atoms with van der Waals surface area (Å²) in [5.41, 5.74) is 0.362. The third-order valence-corrected chi connectivity index (χ3v) is 5.29. The van der Waals surface area contributed by atoms with E-state index in [1.54, 1.807) is 6.07 Å². The van der Waals surface area contributed by atoms with Gasteiger partial charge in [-0.1, -0.05) is 30.3 Å². The summed E-state index contributed by atoms with van der Waals surface area (Å²) in [6.07, 6.45) is 5.30. The Balaban J connectivity index is 1.80. The molecule has 1 aliphatic rings. The lowest BCUT2D eigenvalue weighted by Crippen LogP contribution is -2.33. The van der Waals surface area contributed by atoms with Crippen molar-refractivity contribution < 1.29 is 9.90 Å². The Hall–Kier alpha value is -1.68. The minimum absolute atomic E-state index is 0.0741. The fourth-order valence-corrected chi connectivity index (χ4v) is 3.78. The van der Waals surface area contributed by atoms with Crippen molar-refractivity contribution in [3.05, 3.63) is 42.0 Å². The van der Waals surface area contributed by atoms with Crippen molar-refractivity contribution in [2.24, 2.45) is 0 Å². The van der Waals surface area contributed by atoms with Crippen molar-refractivity contribution in [3.8, 4) is 5.75 Å². The molecule has 3 nitrogen and oxygen atoms in total. The molecule has 3 rings (SSSR count). The normalized spacial score (nSPS) is 21.6. The SMILES string of the molecule is CSC1CCC(NC(=O)c2ccc3ccccc3c2O)C1. The number of aromatic hydroxyl groups is 1. The topological polar surface area (TPSA) is 49.3 Å². The van der Waals surface area contributed by atoms with Gasteiger partial charge in [0.2, 0.25) is 0 Å². The van der Waals surface area contributed by atoms with Gasteiger partial charge in [-0.15, -0.1) is 0 Å². The number of nitrogens with one attached hydrogen (secondary N) is 1. The van der Waals surface area contributed by atoms with E-state index in [0.717, 1.165) is 30.0 Å². The van der Waals surface area contributed by atoms with Crippen LogP contribution in [0, 0.1) is 0 Å². The van der Waals surface area contributed by atoms with Crippen LogP contribution in [0.4, 0.5) is 0 Å². The van der Waals surface area contributed by atoms with E-state index in [9.17, 15) is 9.90 Å². The number of carbonyl (C=O) groups is 1. The second-order valence-electron chi connectivity index (χ2n) is 5.52. The molecule has 2 aromatic rings. The fraction of sp³-hybridized carbons (Fsp3) is 0.353. The Morgan fingerprint density at radius 3 is 2.81 bits per heavy atom. The molecule has 1 saturated carbocycles. The monoisotopic (exact) mass is 301 g/mol. The first-order chi connectivity index (χ1) is 10.2. The number of hydrogen-bond donors (Lipinski definition) is 2. The Bertz CT molecular complexity index is 671. The summed E-state index contributed by atoms with van der Waals surface area (Å²) in [6.45, 7) is 0. The van der Waals surface area contributed by atoms with Gasteiger partial charge in [-0.3, -0.25) is 4.79 Å². The lowest BCUT2D eigenvalue weighted by molar-refractivity contribution is 0.0935. The molecule has 0 spiro atoms. The van der Waals surface area contributed by atoms with E-state index in [1.807, 2.05) is 42.1 Å². The lowest BCUT2D eigenvalue weighted by Gasteiger charge is -2.14. The maximum Gasteiger partial charge on any atom is 0.255 e. The van der Waals surface area contributed by atoms with Gasteiger partial charge < -0.3 is 10.4 Å². The Morgan fingerprint density at radius 1 is 1.24 bits per heavy atom. The van der Waals surface area contributed by atoms with E-state index in [4.69, 9.17) is 0 Å². The number of fused-ring (bicyclic) bond motifs is 1. The summed E-state index contributed by atoms with van der Waals surface area (Å²) in [6, 6.07) is 11.3. The lowest BCUT2D eigenvalue weighted by atomic mass is 10.0. The highest BCUT2D eigenvalue weighted by Crippen LogP contribution is 2.31. The van der Waals surface area contributed by atoms with E-state index < -0.39 is 0 Å². The van der Waals surface area contributed by atoms with Crippen molar-refractivity contribution >= 4 is 28.4 Å². The number of phenols is 1. The number of hydrogen-bond acceptors (Lipinski definition) is 3. The molecule has 0 radical (unpaired) electrons. The minimum Gasteiger partial charge on any atom is -0.506 e. The van der Waals surface area contributed by atoms with Gasteiger partial charge in [-0.05, 0) is 37.0 Å². The van der Waals surface area contributed by atoms with Gasteiger partial charge in [0.25, 0.3) is 5.91 Å². The number of thioether (sulfide) groups is 1. The summed E-state index contributed by atoms with van der Waals surface area (Å²) < 4.78 is 0. The zero-order valence-corrected chi connectivity index (χ0v) is 12.8. The molecule has 0 aliphatic heterocycles. The maximum atomic E-state index is 12.4. The predicted molar refractivity (Wildman–Crippen MR) is 88.0 cm³/mol. The molecule has 0 heterocycles. The molecule has 1 fully saturated rings. The van der Waals surface area contributed by atoms with Crippen LogP contribution in [0.1, 0.15) is 29.6 Å². The molecular weight excluding hydrogens is 282 g/mol. The largest absolute Gasteiger partial charge is 0.506 e. The van der Waals surface area contributed by atoms with Crippen molar-refractivity contribution in [2.45, 2.75) is 30.6 Å². The molecule has 110 valence electrons. The summed E-state index contributed by atoms with van der Waals surface area (Å²) >= 11 is 1.86. The average molecular weight is 301 g/mol. The molecule has 1 aliphatic carbocycles. The summed E-state index contributed by atoms with van der Waals surface area (Å²) in [5, 5.41) is 15.7. The maximum absolute atomic E-state index is 12.4. The molecule has 0 saturated heterocycles. The van der Waals surface area contributed by atoms with Gasteiger partial charge in [0.05, 0.1) is 5.56 Å². The first-order valence-corrected chi connectivity index (χ1v) is 8.52. The molecule has 4 heteroatoms. The van der Waals surface area contributed by atoms with Crippen LogP contribution < -0.4 is 5.32 Å². The standard InChI is InChI=1S/C17H19NO2S/c1-21-13-8-7-12(10-13)18-17(20)15-9-6-11-4-2-3-5-14(11)16(15)19/h2-6,9,12-13,19H,7-8,10H2,1H3,(H,18,20). The van der Waals surface area contributed by atoms with Crippen LogP contribution in [0.5, 0.6) is 5.75 Å². The summed E-state index contributed by atoms with van der Waals surface area (Å²) in [4.78, 5) is 12.4.